The summed E-state index contributed by atoms with van der Waals surface area (Å²) in [5.41, 5.74) is 0. The molecule has 0 aliphatic rings. The van der Waals surface area contributed by atoms with Gasteiger partial charge in [0.05, 0.1) is 0 Å². The van der Waals surface area contributed by atoms with Crippen molar-refractivity contribution in [2.45, 2.75) is 91.1 Å². The highest BCUT2D eigenvalue weighted by atomic mass is 127. The highest BCUT2D eigenvalue weighted by molar-refractivity contribution is 14.1. The Labute approximate surface area is 180 Å². The molecule has 0 spiro atoms. The molecule has 0 radical (unpaired) electrons. The lowest BCUT2D eigenvalue weighted by Gasteiger charge is -2.43. The molecule has 1 atom stereocenters. The normalized spacial score (nSPS) is 17.6. The summed E-state index contributed by atoms with van der Waals surface area (Å²) in [7, 11) is 0. The fraction of sp³-hybridized carbons (Fsp3) is 1.00. The van der Waals surface area contributed by atoms with Crippen LogP contribution >= 0.6 is 22.6 Å². The van der Waals surface area contributed by atoms with E-state index in [1.165, 1.54) is 6.92 Å². The summed E-state index contributed by atoms with van der Waals surface area (Å²) in [5, 5.41) is 0. The fourth-order valence-electron chi connectivity index (χ4n) is 2.39. The zero-order chi connectivity index (χ0) is 25.5. The van der Waals surface area contributed by atoms with E-state index in [4.69, 9.17) is 0 Å². The second kappa shape index (κ2) is 8.80. The van der Waals surface area contributed by atoms with Crippen LogP contribution in [0.4, 0.5) is 65.9 Å². The van der Waals surface area contributed by atoms with Crippen molar-refractivity contribution in [2.75, 3.05) is 0 Å². The maximum atomic E-state index is 14.0. The molecule has 16 heteroatoms. The van der Waals surface area contributed by atoms with Crippen LogP contribution in [0, 0.1) is 0 Å². The third kappa shape index (κ3) is 4.96. The fourth-order valence-corrected chi connectivity index (χ4v) is 3.25. The molecule has 0 nitrogen and oxygen atoms in total. The van der Waals surface area contributed by atoms with Crippen LogP contribution in [0.3, 0.4) is 0 Å². The monoisotopic (exact) mass is 608 g/mol. The van der Waals surface area contributed by atoms with Crippen molar-refractivity contribution in [1.82, 2.24) is 0 Å². The van der Waals surface area contributed by atoms with E-state index >= 15 is 0 Å². The quantitative estimate of drug-likeness (QED) is 0.125. The first kappa shape index (κ1) is 30.7. The predicted octanol–water partition coefficient (Wildman–Crippen LogP) is 8.52. The van der Waals surface area contributed by atoms with Gasteiger partial charge in [-0.25, -0.2) is 0 Å². The van der Waals surface area contributed by atoms with Gasteiger partial charge in [-0.15, -0.1) is 0 Å². The van der Waals surface area contributed by atoms with E-state index in [9.17, 15) is 65.9 Å². The Morgan fingerprint density at radius 2 is 0.903 bits per heavy atom. The van der Waals surface area contributed by atoms with Crippen LogP contribution in [-0.2, 0) is 0 Å². The molecule has 0 amide bonds. The summed E-state index contributed by atoms with van der Waals surface area (Å²) in [5.74, 6) is -46.0. The van der Waals surface area contributed by atoms with E-state index in [2.05, 4.69) is 0 Å². The minimum absolute atomic E-state index is 0.0842. The number of hydrogen-bond acceptors (Lipinski definition) is 0. The first-order chi connectivity index (χ1) is 13.3. The van der Waals surface area contributed by atoms with Crippen LogP contribution in [0.1, 0.15) is 46.0 Å². The molecule has 0 aliphatic heterocycles. The van der Waals surface area contributed by atoms with Crippen LogP contribution in [0.2, 0.25) is 0 Å². The van der Waals surface area contributed by atoms with Crippen molar-refractivity contribution in [3.05, 3.63) is 0 Å². The van der Waals surface area contributed by atoms with E-state index in [1.807, 2.05) is 0 Å². The van der Waals surface area contributed by atoms with Gasteiger partial charge in [0.15, 0.2) is 0 Å². The van der Waals surface area contributed by atoms with E-state index in [-0.39, 0.29) is 12.8 Å². The van der Waals surface area contributed by atoms with Gasteiger partial charge in [0.2, 0.25) is 0 Å². The van der Waals surface area contributed by atoms with Crippen LogP contribution in [-0.4, -0.2) is 45.1 Å². The second-order valence-corrected chi connectivity index (χ2v) is 9.15. The van der Waals surface area contributed by atoms with Crippen LogP contribution < -0.4 is 0 Å². The smallest absolute Gasteiger partial charge is 0.200 e. The molecule has 0 N–H and O–H groups in total. The Kier molecular flexibility index (Phi) is 8.71. The largest absolute Gasteiger partial charge is 0.460 e. The van der Waals surface area contributed by atoms with Gasteiger partial charge < -0.3 is 0 Å². The zero-order valence-electron chi connectivity index (χ0n) is 15.6. The van der Waals surface area contributed by atoms with Crippen LogP contribution in [0.15, 0.2) is 0 Å². The molecule has 0 saturated carbocycles. The minimum Gasteiger partial charge on any atom is -0.200 e. The SMILES string of the molecule is CCCCC(I)(CC)CC(F)(F)C(F)(F)C(F)(F)C(F)(F)C(F)(F)C(F)(F)C(F)(F)F. The highest BCUT2D eigenvalue weighted by Gasteiger charge is 2.93. The molecular formula is C15H16F15I. The molecule has 188 valence electrons. The Morgan fingerprint density at radius 3 is 1.23 bits per heavy atom. The van der Waals surface area contributed by atoms with Crippen LogP contribution in [0.5, 0.6) is 0 Å². The van der Waals surface area contributed by atoms with Gasteiger partial charge >= 0.3 is 41.7 Å². The Balaban J connectivity index is 6.43. The first-order valence-corrected chi connectivity index (χ1v) is 9.43. The van der Waals surface area contributed by atoms with Crippen molar-refractivity contribution in [3.8, 4) is 0 Å². The van der Waals surface area contributed by atoms with Gasteiger partial charge in [0.1, 0.15) is 0 Å². The van der Waals surface area contributed by atoms with Crippen molar-refractivity contribution < 1.29 is 65.9 Å². The number of unbranched alkanes of at least 4 members (excludes halogenated alkanes) is 1. The first-order valence-electron chi connectivity index (χ1n) is 8.35. The molecule has 0 bridgehead atoms. The molecule has 0 aliphatic carbocycles. The van der Waals surface area contributed by atoms with E-state index in [0.717, 1.165) is 29.5 Å². The lowest BCUT2D eigenvalue weighted by molar-refractivity contribution is -0.452. The lowest BCUT2D eigenvalue weighted by Crippen LogP contribution is -2.72. The Hall–Kier alpha value is -0.320. The predicted molar refractivity (Wildman–Crippen MR) is 86.9 cm³/mol. The molecule has 0 aromatic heterocycles. The summed E-state index contributed by atoms with van der Waals surface area (Å²) < 4.78 is 196. The second-order valence-electron chi connectivity index (χ2n) is 6.86. The molecule has 1 unspecified atom stereocenters. The van der Waals surface area contributed by atoms with E-state index < -0.39 is 58.0 Å². The number of hydrogen-bond donors (Lipinski definition) is 0. The lowest BCUT2D eigenvalue weighted by atomic mass is 9.85. The standard InChI is InChI=1S/C15H16F15I/c1-3-5-6-8(31,4-2)7-9(16,17)10(18,19)11(20,21)12(22,23)13(24,25)14(26,27)15(28,29)30/h3-7H2,1-2H3. The van der Waals surface area contributed by atoms with Gasteiger partial charge in [-0.2, -0.15) is 65.9 Å². The average Bonchev–Trinajstić information content (AvgIpc) is 2.57. The summed E-state index contributed by atoms with van der Waals surface area (Å²) in [6.45, 7) is 2.66. The molecule has 0 saturated heterocycles. The van der Waals surface area contributed by atoms with E-state index in [1.54, 1.807) is 0 Å². The van der Waals surface area contributed by atoms with Gasteiger partial charge in [-0.05, 0) is 12.8 Å². The molecule has 31 heavy (non-hydrogen) atoms. The van der Waals surface area contributed by atoms with Crippen LogP contribution in [0.25, 0.3) is 0 Å². The summed E-state index contributed by atoms with van der Waals surface area (Å²) in [4.78, 5) is 0. The maximum Gasteiger partial charge on any atom is 0.460 e. The Bertz CT molecular complexity index is 610. The van der Waals surface area contributed by atoms with Crippen molar-refractivity contribution in [1.29, 1.82) is 0 Å². The van der Waals surface area contributed by atoms with Gasteiger partial charge in [0.25, 0.3) is 0 Å². The molecule has 0 heterocycles. The maximum absolute atomic E-state index is 14.0. The average molecular weight is 608 g/mol. The zero-order valence-corrected chi connectivity index (χ0v) is 17.7. The van der Waals surface area contributed by atoms with E-state index in [0.29, 0.717) is 6.42 Å². The molecule has 0 aromatic carbocycles. The number of rotatable bonds is 11. The number of halogens is 16. The third-order valence-corrected chi connectivity index (χ3v) is 6.23. The highest BCUT2D eigenvalue weighted by Crippen LogP contribution is 2.63. The molecule has 0 rings (SSSR count). The van der Waals surface area contributed by atoms with Gasteiger partial charge in [0, 0.05) is 9.84 Å². The summed E-state index contributed by atoms with van der Waals surface area (Å²) in [6, 6.07) is 0. The third-order valence-electron chi connectivity index (χ3n) is 4.54. The summed E-state index contributed by atoms with van der Waals surface area (Å²) in [6.07, 6.45) is -10.2. The van der Waals surface area contributed by atoms with Crippen molar-refractivity contribution in [2.24, 2.45) is 0 Å². The molecule has 0 aromatic rings. The van der Waals surface area contributed by atoms with Crippen molar-refractivity contribution in [3.63, 3.8) is 0 Å². The summed E-state index contributed by atoms with van der Waals surface area (Å²) >= 11 is 1.15. The topological polar surface area (TPSA) is 0 Å². The van der Waals surface area contributed by atoms with Gasteiger partial charge in [-0.3, -0.25) is 0 Å². The minimum atomic E-state index is -8.23. The molecular weight excluding hydrogens is 592 g/mol. The van der Waals surface area contributed by atoms with Crippen molar-refractivity contribution >= 4 is 22.6 Å². The Morgan fingerprint density at radius 1 is 0.548 bits per heavy atom. The number of alkyl halides is 16. The van der Waals surface area contributed by atoms with Gasteiger partial charge in [-0.1, -0.05) is 49.3 Å². The molecule has 0 fully saturated rings.